The van der Waals surface area contributed by atoms with Crippen molar-refractivity contribution in [2.45, 2.75) is 57.2 Å². The van der Waals surface area contributed by atoms with Gasteiger partial charge in [0, 0.05) is 6.61 Å². The molecule has 0 aromatic carbocycles. The molecule has 0 saturated heterocycles. The molecular weight excluding hydrogens is 608 g/mol. The minimum absolute atomic E-state index is 0.0977. The number of aliphatic hydroxyl groups excluding tert-OH is 3. The summed E-state index contributed by atoms with van der Waals surface area (Å²) in [7, 11) is 0. The molecule has 0 spiro atoms. The minimum Gasteiger partial charge on any atom is -0.392 e. The largest absolute Gasteiger partial charge is 0.392 e. The van der Waals surface area contributed by atoms with Crippen molar-refractivity contribution in [2.75, 3.05) is 112 Å². The Bertz CT molecular complexity index is 742. The number of allylic oxidation sites excluding steroid dienone is 4. The van der Waals surface area contributed by atoms with Crippen LogP contribution in [0.25, 0.3) is 0 Å². The number of hydrogen-bond acceptors (Lipinski definition) is 11. The van der Waals surface area contributed by atoms with Crippen LogP contribution in [0.15, 0.2) is 61.3 Å². The lowest BCUT2D eigenvalue weighted by molar-refractivity contribution is -0.0624. The third kappa shape index (κ3) is 36.9. The molecule has 0 aliphatic rings. The second kappa shape index (κ2) is 40.4. The van der Waals surface area contributed by atoms with Crippen molar-refractivity contribution in [1.29, 1.82) is 0 Å². The first-order chi connectivity index (χ1) is 23.3. The number of rotatable bonds is 38. The van der Waals surface area contributed by atoms with E-state index in [4.69, 9.17) is 48.1 Å². The first-order valence-electron chi connectivity index (χ1n) is 17.0. The van der Waals surface area contributed by atoms with E-state index in [1.54, 1.807) is 12.2 Å². The third-order valence-electron chi connectivity index (χ3n) is 6.32. The van der Waals surface area contributed by atoms with Gasteiger partial charge < -0.3 is 53.2 Å². The SMILES string of the molecule is C=CC(O)C(CCOCCOCCOCCOCC/C=C\CC/C=C\CO)OCCOCCOCCOCC/C=C\CC/C=C\CO. The van der Waals surface area contributed by atoms with Gasteiger partial charge in [0.05, 0.1) is 118 Å². The molecule has 0 aromatic heterocycles. The van der Waals surface area contributed by atoms with E-state index in [1.807, 2.05) is 12.2 Å². The molecule has 274 valence electrons. The topological polar surface area (TPSA) is 135 Å². The summed E-state index contributed by atoms with van der Waals surface area (Å²) in [5.41, 5.74) is 0. The Labute approximate surface area is 283 Å². The summed E-state index contributed by atoms with van der Waals surface area (Å²) < 4.78 is 44.6. The highest BCUT2D eigenvalue weighted by molar-refractivity contribution is 4.89. The summed E-state index contributed by atoms with van der Waals surface area (Å²) in [5, 5.41) is 27.5. The molecule has 0 radical (unpaired) electrons. The predicted octanol–water partition coefficient (Wildman–Crippen LogP) is 3.97. The maximum Gasteiger partial charge on any atom is 0.0980 e. The van der Waals surface area contributed by atoms with Crippen molar-refractivity contribution in [3.05, 3.63) is 61.3 Å². The summed E-state index contributed by atoms with van der Waals surface area (Å²) in [5.74, 6) is 0. The number of ether oxygens (including phenoxy) is 8. The van der Waals surface area contributed by atoms with Crippen molar-refractivity contribution < 1.29 is 53.2 Å². The van der Waals surface area contributed by atoms with Crippen LogP contribution >= 0.6 is 0 Å². The number of aliphatic hydroxyl groups is 3. The number of hydrogen-bond donors (Lipinski definition) is 3. The van der Waals surface area contributed by atoms with Gasteiger partial charge in [0.25, 0.3) is 0 Å². The summed E-state index contributed by atoms with van der Waals surface area (Å²) in [6.45, 7) is 11.3. The van der Waals surface area contributed by atoms with Crippen LogP contribution in [-0.4, -0.2) is 140 Å². The van der Waals surface area contributed by atoms with E-state index in [0.29, 0.717) is 106 Å². The molecule has 0 bridgehead atoms. The minimum atomic E-state index is -0.786. The molecule has 2 atom stereocenters. The van der Waals surface area contributed by atoms with Crippen LogP contribution in [0.2, 0.25) is 0 Å². The molecule has 3 N–H and O–H groups in total. The number of unbranched alkanes of at least 4 members (excludes halogenated alkanes) is 2. The summed E-state index contributed by atoms with van der Waals surface area (Å²) in [6, 6.07) is 0. The zero-order valence-electron chi connectivity index (χ0n) is 28.6. The van der Waals surface area contributed by atoms with Gasteiger partial charge in [-0.05, 0) is 44.9 Å². The summed E-state index contributed by atoms with van der Waals surface area (Å²) >= 11 is 0. The summed E-state index contributed by atoms with van der Waals surface area (Å²) in [4.78, 5) is 0. The third-order valence-corrected chi connectivity index (χ3v) is 6.32. The van der Waals surface area contributed by atoms with Crippen LogP contribution in [0.4, 0.5) is 0 Å². The van der Waals surface area contributed by atoms with Gasteiger partial charge in [0.2, 0.25) is 0 Å². The average molecular weight is 673 g/mol. The molecule has 47 heavy (non-hydrogen) atoms. The fourth-order valence-electron chi connectivity index (χ4n) is 3.81. The molecule has 0 amide bonds. The van der Waals surface area contributed by atoms with Crippen LogP contribution in [0.1, 0.15) is 44.9 Å². The van der Waals surface area contributed by atoms with Crippen molar-refractivity contribution in [3.63, 3.8) is 0 Å². The van der Waals surface area contributed by atoms with Gasteiger partial charge in [-0.2, -0.15) is 0 Å². The molecule has 0 aliphatic carbocycles. The Morgan fingerprint density at radius 3 is 1.11 bits per heavy atom. The molecule has 11 nitrogen and oxygen atoms in total. The van der Waals surface area contributed by atoms with E-state index in [9.17, 15) is 5.11 Å². The Morgan fingerprint density at radius 2 is 0.723 bits per heavy atom. The first kappa shape index (κ1) is 45.3. The Hall–Kier alpha value is -1.74. The van der Waals surface area contributed by atoms with Gasteiger partial charge in [0.15, 0.2) is 0 Å². The lowest BCUT2D eigenvalue weighted by Gasteiger charge is -2.21. The van der Waals surface area contributed by atoms with Gasteiger partial charge in [-0.3, -0.25) is 0 Å². The second-order valence-corrected chi connectivity index (χ2v) is 10.2. The molecule has 0 aliphatic heterocycles. The van der Waals surface area contributed by atoms with Crippen molar-refractivity contribution in [2.24, 2.45) is 0 Å². The highest BCUT2D eigenvalue weighted by atomic mass is 16.6. The average Bonchev–Trinajstić information content (AvgIpc) is 3.09. The highest BCUT2D eigenvalue weighted by Crippen LogP contribution is 2.07. The standard InChI is InChI=1S/C36H64O11/c1-2-35(39)36(47-34-33-46-32-31-44-27-24-41-21-16-12-8-4-6-10-14-19-38)17-22-42-25-28-45-30-29-43-26-23-40-20-15-11-7-3-5-9-13-18-37/h2,7-14,35-39H,1,3-6,15-34H2/b11-7-,12-8-,13-9-,14-10-. The van der Waals surface area contributed by atoms with Gasteiger partial charge >= 0.3 is 0 Å². The zero-order chi connectivity index (χ0) is 34.1. The monoisotopic (exact) mass is 672 g/mol. The van der Waals surface area contributed by atoms with Crippen molar-refractivity contribution in [1.82, 2.24) is 0 Å². The van der Waals surface area contributed by atoms with Crippen LogP contribution in [0.3, 0.4) is 0 Å². The second-order valence-electron chi connectivity index (χ2n) is 10.2. The predicted molar refractivity (Wildman–Crippen MR) is 185 cm³/mol. The fraction of sp³-hybridized carbons (Fsp3) is 0.722. The van der Waals surface area contributed by atoms with E-state index in [-0.39, 0.29) is 13.2 Å². The van der Waals surface area contributed by atoms with Gasteiger partial charge in [-0.1, -0.05) is 54.7 Å². The van der Waals surface area contributed by atoms with Crippen LogP contribution in [0.5, 0.6) is 0 Å². The highest BCUT2D eigenvalue weighted by Gasteiger charge is 2.16. The quantitative estimate of drug-likeness (QED) is 0.0650. The van der Waals surface area contributed by atoms with E-state index < -0.39 is 12.2 Å². The normalized spacial score (nSPS) is 13.6. The van der Waals surface area contributed by atoms with Crippen LogP contribution in [-0.2, 0) is 37.9 Å². The van der Waals surface area contributed by atoms with Crippen LogP contribution in [0, 0.1) is 0 Å². The van der Waals surface area contributed by atoms with Crippen molar-refractivity contribution >= 4 is 0 Å². The fourth-order valence-corrected chi connectivity index (χ4v) is 3.81. The molecule has 0 fully saturated rings. The smallest absolute Gasteiger partial charge is 0.0980 e. The maximum atomic E-state index is 10.2. The Balaban J connectivity index is 3.52. The van der Waals surface area contributed by atoms with Crippen molar-refractivity contribution in [3.8, 4) is 0 Å². The van der Waals surface area contributed by atoms with Gasteiger partial charge in [0.1, 0.15) is 0 Å². The molecule has 2 unspecified atom stereocenters. The summed E-state index contributed by atoms with van der Waals surface area (Å²) in [6.07, 6.45) is 22.3. The lowest BCUT2D eigenvalue weighted by atomic mass is 10.1. The van der Waals surface area contributed by atoms with E-state index in [0.717, 1.165) is 38.5 Å². The lowest BCUT2D eigenvalue weighted by Crippen LogP contribution is -2.30. The molecule has 0 aromatic rings. The maximum absolute atomic E-state index is 10.2. The Morgan fingerprint density at radius 1 is 0.404 bits per heavy atom. The van der Waals surface area contributed by atoms with E-state index in [2.05, 4.69) is 30.9 Å². The van der Waals surface area contributed by atoms with Gasteiger partial charge in [-0.25, -0.2) is 0 Å². The van der Waals surface area contributed by atoms with Crippen LogP contribution < -0.4 is 0 Å². The zero-order valence-corrected chi connectivity index (χ0v) is 28.6. The van der Waals surface area contributed by atoms with E-state index in [1.165, 1.54) is 6.08 Å². The molecule has 0 heterocycles. The molecule has 11 heteroatoms. The van der Waals surface area contributed by atoms with Gasteiger partial charge in [-0.15, -0.1) is 6.58 Å². The molecule has 0 saturated carbocycles. The Kier molecular flexibility index (Phi) is 38.9. The molecular formula is C36H64O11. The van der Waals surface area contributed by atoms with E-state index >= 15 is 0 Å². The first-order valence-corrected chi connectivity index (χ1v) is 17.0. The molecule has 0 rings (SSSR count).